The molecule has 0 aromatic heterocycles. The first-order valence-electron chi connectivity index (χ1n) is 11.2. The summed E-state index contributed by atoms with van der Waals surface area (Å²) in [5.41, 5.74) is 12.4. The van der Waals surface area contributed by atoms with Crippen LogP contribution in [-0.2, 0) is 24.3 Å². The molecule has 0 saturated carbocycles. The molecule has 0 aliphatic carbocycles. The number of carbonyl (C=O) groups excluding carboxylic acids is 1. The van der Waals surface area contributed by atoms with Gasteiger partial charge in [0.05, 0.1) is 12.0 Å². The number of aliphatic imine (C=N–C) groups is 1. The van der Waals surface area contributed by atoms with Gasteiger partial charge in [-0.25, -0.2) is 4.99 Å². The lowest BCUT2D eigenvalue weighted by atomic mass is 9.95. The Labute approximate surface area is 214 Å². The van der Waals surface area contributed by atoms with Crippen LogP contribution < -0.4 is 25.4 Å². The fraction of sp³-hybridized carbons (Fsp3) is 0.192. The average Bonchev–Trinajstić information content (AvgIpc) is 2.88. The number of nitrogens with two attached hydrogens (primary N) is 1. The number of nitrogens with zero attached hydrogens (tertiary/aromatic N) is 2. The third-order valence-corrected chi connectivity index (χ3v) is 6.86. The van der Waals surface area contributed by atoms with E-state index in [1.165, 1.54) is 34.2 Å². The monoisotopic (exact) mass is 505 g/mol. The lowest BCUT2D eigenvalue weighted by Gasteiger charge is -2.22. The average molecular weight is 506 g/mol. The van der Waals surface area contributed by atoms with E-state index in [1.54, 1.807) is 6.07 Å². The quantitative estimate of drug-likeness (QED) is 0.139. The van der Waals surface area contributed by atoms with Crippen molar-refractivity contribution in [2.75, 3.05) is 18.5 Å². The van der Waals surface area contributed by atoms with Crippen molar-refractivity contribution in [2.45, 2.75) is 24.4 Å². The molecule has 1 aliphatic rings. The Kier molecular flexibility index (Phi) is 8.36. The van der Waals surface area contributed by atoms with E-state index in [0.29, 0.717) is 18.8 Å². The molecular formula is C26H27N5O2S2. The van der Waals surface area contributed by atoms with Gasteiger partial charge < -0.3 is 25.4 Å². The summed E-state index contributed by atoms with van der Waals surface area (Å²) in [6.45, 7) is 3.04. The zero-order valence-electron chi connectivity index (χ0n) is 19.4. The maximum Gasteiger partial charge on any atom is 0.298 e. The molecule has 0 amide bonds. The standard InChI is InChI=1S/C26H27N5O2S2/c1-31(24-8-7-23(13-25(24)33-17-32)35-30-26(34)29-16-27)15-18-3-2-4-20(11-18)21-6-5-19-9-10-28-14-22(19)12-21/h2-8,11-13,16-17,28H,9-10,14-15H2,1H3,(H3,27,29,30,34). The van der Waals surface area contributed by atoms with Crippen molar-refractivity contribution in [3.63, 3.8) is 0 Å². The summed E-state index contributed by atoms with van der Waals surface area (Å²) >= 11 is 6.31. The molecule has 0 bridgehead atoms. The van der Waals surface area contributed by atoms with Crippen LogP contribution in [0.1, 0.15) is 16.7 Å². The first-order chi connectivity index (χ1) is 17.1. The van der Waals surface area contributed by atoms with Gasteiger partial charge in [0.15, 0.2) is 5.75 Å². The Balaban J connectivity index is 1.50. The normalized spacial score (nSPS) is 12.7. The molecule has 0 atom stereocenters. The van der Waals surface area contributed by atoms with Crippen molar-refractivity contribution in [1.82, 2.24) is 10.0 Å². The van der Waals surface area contributed by atoms with Gasteiger partial charge in [0, 0.05) is 25.0 Å². The number of rotatable bonds is 8. The lowest BCUT2D eigenvalue weighted by molar-refractivity contribution is -0.120. The van der Waals surface area contributed by atoms with Crippen LogP contribution in [-0.4, -0.2) is 31.5 Å². The van der Waals surface area contributed by atoms with Crippen LogP contribution >= 0.6 is 24.2 Å². The number of ether oxygens (including phenoxy) is 1. The van der Waals surface area contributed by atoms with E-state index >= 15 is 0 Å². The van der Waals surface area contributed by atoms with Crippen LogP contribution in [0.25, 0.3) is 11.1 Å². The number of anilines is 1. The number of thiocarbonyl (C=S) groups is 1. The van der Waals surface area contributed by atoms with Gasteiger partial charge in [0.25, 0.3) is 6.47 Å². The Bertz CT molecular complexity index is 1250. The van der Waals surface area contributed by atoms with Crippen molar-refractivity contribution < 1.29 is 9.53 Å². The zero-order valence-corrected chi connectivity index (χ0v) is 21.0. The Morgan fingerprint density at radius 3 is 2.89 bits per heavy atom. The molecule has 3 aromatic rings. The molecule has 1 aliphatic heterocycles. The van der Waals surface area contributed by atoms with Gasteiger partial charge >= 0.3 is 0 Å². The van der Waals surface area contributed by atoms with Gasteiger partial charge in [0.2, 0.25) is 5.11 Å². The summed E-state index contributed by atoms with van der Waals surface area (Å²) in [4.78, 5) is 17.8. The highest BCUT2D eigenvalue weighted by molar-refractivity contribution is 7.99. The van der Waals surface area contributed by atoms with Gasteiger partial charge in [-0.2, -0.15) is 0 Å². The van der Waals surface area contributed by atoms with Gasteiger partial charge in [-0.05, 0) is 95.3 Å². The minimum Gasteiger partial charge on any atom is -0.426 e. The van der Waals surface area contributed by atoms with Crippen LogP contribution in [0.4, 0.5) is 5.69 Å². The number of carbonyl (C=O) groups is 1. The lowest BCUT2D eigenvalue weighted by Crippen LogP contribution is -2.23. The summed E-state index contributed by atoms with van der Waals surface area (Å²) in [6.07, 6.45) is 2.21. The van der Waals surface area contributed by atoms with E-state index in [-0.39, 0.29) is 5.11 Å². The topological polar surface area (TPSA) is 92.0 Å². The largest absolute Gasteiger partial charge is 0.426 e. The zero-order chi connectivity index (χ0) is 24.6. The molecular weight excluding hydrogens is 478 g/mol. The molecule has 4 rings (SSSR count). The first-order valence-corrected chi connectivity index (χ1v) is 12.4. The van der Waals surface area contributed by atoms with Crippen LogP contribution in [0.5, 0.6) is 5.75 Å². The van der Waals surface area contributed by atoms with E-state index in [4.69, 9.17) is 22.7 Å². The van der Waals surface area contributed by atoms with Crippen molar-refractivity contribution >= 4 is 47.8 Å². The van der Waals surface area contributed by atoms with Crippen LogP contribution in [0, 0.1) is 0 Å². The summed E-state index contributed by atoms with van der Waals surface area (Å²) in [5, 5.41) is 3.70. The Morgan fingerprint density at radius 2 is 2.06 bits per heavy atom. The molecule has 1 heterocycles. The molecule has 7 nitrogen and oxygen atoms in total. The smallest absolute Gasteiger partial charge is 0.298 e. The van der Waals surface area contributed by atoms with Crippen LogP contribution in [0.2, 0.25) is 0 Å². The minimum absolute atomic E-state index is 0.256. The second-order valence-corrected chi connectivity index (χ2v) is 9.36. The fourth-order valence-corrected chi connectivity index (χ4v) is 4.83. The summed E-state index contributed by atoms with van der Waals surface area (Å²) in [7, 11) is 1.97. The number of nitrogens with one attached hydrogen (secondary N) is 2. The third-order valence-electron chi connectivity index (χ3n) is 5.74. The maximum absolute atomic E-state index is 11.2. The van der Waals surface area contributed by atoms with E-state index in [1.807, 2.05) is 19.2 Å². The minimum atomic E-state index is 0.256. The second kappa shape index (κ2) is 11.8. The van der Waals surface area contributed by atoms with Crippen LogP contribution in [0.3, 0.4) is 0 Å². The predicted molar refractivity (Wildman–Crippen MR) is 147 cm³/mol. The molecule has 9 heteroatoms. The van der Waals surface area contributed by atoms with E-state index < -0.39 is 0 Å². The number of fused-ring (bicyclic) bond motifs is 1. The van der Waals surface area contributed by atoms with Crippen molar-refractivity contribution in [2.24, 2.45) is 10.7 Å². The van der Waals surface area contributed by atoms with Gasteiger partial charge in [-0.3, -0.25) is 4.79 Å². The molecule has 0 radical (unpaired) electrons. The SMILES string of the molecule is CN(Cc1cccc(-c2ccc3c(c2)CNCC3)c1)c1ccc(SNC(=S)N=CN)cc1OC=O. The summed E-state index contributed by atoms with van der Waals surface area (Å²) in [6, 6.07) is 20.9. The molecule has 35 heavy (non-hydrogen) atoms. The summed E-state index contributed by atoms with van der Waals surface area (Å²) < 4.78 is 8.19. The van der Waals surface area contributed by atoms with E-state index in [0.717, 1.165) is 42.0 Å². The highest BCUT2D eigenvalue weighted by Gasteiger charge is 2.13. The highest BCUT2D eigenvalue weighted by atomic mass is 32.2. The predicted octanol–water partition coefficient (Wildman–Crippen LogP) is 4.04. The van der Waals surface area contributed by atoms with E-state index in [2.05, 4.69) is 62.4 Å². The number of benzene rings is 3. The molecule has 4 N–H and O–H groups in total. The Morgan fingerprint density at radius 1 is 1.20 bits per heavy atom. The molecule has 180 valence electrons. The second-order valence-electron chi connectivity index (χ2n) is 8.10. The van der Waals surface area contributed by atoms with Crippen LogP contribution in [0.15, 0.2) is 70.6 Å². The Hall–Kier alpha value is -3.40. The first kappa shape index (κ1) is 24.7. The number of hydrogen-bond donors (Lipinski definition) is 3. The molecule has 0 unspecified atom stereocenters. The summed E-state index contributed by atoms with van der Waals surface area (Å²) in [5.74, 6) is 0.459. The van der Waals surface area contributed by atoms with Crippen molar-refractivity contribution in [3.05, 3.63) is 77.4 Å². The maximum atomic E-state index is 11.2. The van der Waals surface area contributed by atoms with Crippen molar-refractivity contribution in [1.29, 1.82) is 0 Å². The molecule has 3 aromatic carbocycles. The number of hydrogen-bond acceptors (Lipinski definition) is 6. The van der Waals surface area contributed by atoms with Gasteiger partial charge in [0.1, 0.15) is 0 Å². The highest BCUT2D eigenvalue weighted by Crippen LogP contribution is 2.33. The molecule has 0 spiro atoms. The van der Waals surface area contributed by atoms with E-state index in [9.17, 15) is 4.79 Å². The van der Waals surface area contributed by atoms with Gasteiger partial charge in [-0.15, -0.1) is 0 Å². The molecule has 0 fully saturated rings. The molecule has 0 saturated heterocycles. The van der Waals surface area contributed by atoms with Gasteiger partial charge in [-0.1, -0.05) is 30.3 Å². The third kappa shape index (κ3) is 6.39. The fourth-order valence-electron chi connectivity index (χ4n) is 4.08. The van der Waals surface area contributed by atoms with Crippen molar-refractivity contribution in [3.8, 4) is 16.9 Å².